The summed E-state index contributed by atoms with van der Waals surface area (Å²) in [5, 5.41) is 18.1. The molecule has 2 N–H and O–H groups in total. The smallest absolute Gasteiger partial charge is 0.332 e. The molecule has 0 aromatic heterocycles. The van der Waals surface area contributed by atoms with Crippen LogP contribution >= 0.6 is 0 Å². The Morgan fingerprint density at radius 1 is 1.00 bits per heavy atom. The standard InChI is InChI=1S/C16H18O5/c1-2-13(17)9-12(8-11-6-4-3-5-7-11)14(16(20)21)10-15(18)19/h3-7H,2,8-10H2,1H3,(H,18,19)(H,20,21). The molecule has 0 unspecified atom stereocenters. The minimum absolute atomic E-state index is 0.0275. The van der Waals surface area contributed by atoms with Crippen molar-refractivity contribution in [3.05, 3.63) is 47.0 Å². The molecule has 0 radical (unpaired) electrons. The van der Waals surface area contributed by atoms with Crippen LogP contribution in [0.2, 0.25) is 0 Å². The number of carbonyl (C=O) groups excluding carboxylic acids is 1. The third kappa shape index (κ3) is 5.60. The van der Waals surface area contributed by atoms with Gasteiger partial charge in [-0.2, -0.15) is 0 Å². The zero-order valence-electron chi connectivity index (χ0n) is 11.8. The lowest BCUT2D eigenvalue weighted by molar-refractivity contribution is -0.139. The number of carboxylic acid groups (broad SMARTS) is 2. The molecule has 5 nitrogen and oxygen atoms in total. The highest BCUT2D eigenvalue weighted by Crippen LogP contribution is 2.20. The Labute approximate surface area is 122 Å². The van der Waals surface area contributed by atoms with Gasteiger partial charge in [-0.3, -0.25) is 9.59 Å². The van der Waals surface area contributed by atoms with Gasteiger partial charge in [0.15, 0.2) is 0 Å². The lowest BCUT2D eigenvalue weighted by Gasteiger charge is -2.11. The lowest BCUT2D eigenvalue weighted by atomic mass is 9.93. The molecule has 1 aromatic rings. The van der Waals surface area contributed by atoms with E-state index in [1.54, 1.807) is 6.92 Å². The van der Waals surface area contributed by atoms with Gasteiger partial charge in [0, 0.05) is 18.4 Å². The summed E-state index contributed by atoms with van der Waals surface area (Å²) in [6, 6.07) is 9.09. The summed E-state index contributed by atoms with van der Waals surface area (Å²) >= 11 is 0. The molecule has 1 rings (SSSR count). The average Bonchev–Trinajstić information content (AvgIpc) is 2.44. The number of hydrogen-bond donors (Lipinski definition) is 2. The van der Waals surface area contributed by atoms with Crippen LogP contribution in [-0.4, -0.2) is 27.9 Å². The summed E-state index contributed by atoms with van der Waals surface area (Å²) in [5.41, 5.74) is 1.01. The first kappa shape index (κ1) is 16.6. The third-order valence-electron chi connectivity index (χ3n) is 3.08. The number of benzene rings is 1. The van der Waals surface area contributed by atoms with E-state index in [4.69, 9.17) is 5.11 Å². The molecule has 21 heavy (non-hydrogen) atoms. The number of hydrogen-bond acceptors (Lipinski definition) is 3. The Balaban J connectivity index is 3.17. The molecule has 0 bridgehead atoms. The Morgan fingerprint density at radius 2 is 1.62 bits per heavy atom. The number of rotatable bonds is 8. The van der Waals surface area contributed by atoms with Gasteiger partial charge in [0.2, 0.25) is 0 Å². The van der Waals surface area contributed by atoms with Gasteiger partial charge in [-0.25, -0.2) is 4.79 Å². The summed E-state index contributed by atoms with van der Waals surface area (Å²) in [4.78, 5) is 33.8. The number of aliphatic carboxylic acids is 2. The molecule has 0 saturated carbocycles. The van der Waals surface area contributed by atoms with Gasteiger partial charge in [-0.1, -0.05) is 37.3 Å². The summed E-state index contributed by atoms with van der Waals surface area (Å²) in [6.45, 7) is 1.69. The number of ketones is 1. The van der Waals surface area contributed by atoms with Crippen molar-refractivity contribution in [1.29, 1.82) is 0 Å². The molecule has 0 saturated heterocycles. The largest absolute Gasteiger partial charge is 0.481 e. The van der Waals surface area contributed by atoms with Crippen molar-refractivity contribution in [2.24, 2.45) is 0 Å². The van der Waals surface area contributed by atoms with Gasteiger partial charge in [0.25, 0.3) is 0 Å². The maximum Gasteiger partial charge on any atom is 0.332 e. The fourth-order valence-corrected chi connectivity index (χ4v) is 1.98. The third-order valence-corrected chi connectivity index (χ3v) is 3.08. The maximum absolute atomic E-state index is 11.7. The highest BCUT2D eigenvalue weighted by molar-refractivity contribution is 5.94. The number of carboxylic acids is 2. The van der Waals surface area contributed by atoms with Crippen LogP contribution in [0.15, 0.2) is 41.5 Å². The zero-order chi connectivity index (χ0) is 15.8. The predicted molar refractivity (Wildman–Crippen MR) is 77.0 cm³/mol. The van der Waals surface area contributed by atoms with Crippen LogP contribution in [0.1, 0.15) is 31.7 Å². The normalized spacial score (nSPS) is 11.7. The minimum Gasteiger partial charge on any atom is -0.481 e. The Morgan fingerprint density at radius 3 is 2.10 bits per heavy atom. The summed E-state index contributed by atoms with van der Waals surface area (Å²) < 4.78 is 0. The summed E-state index contributed by atoms with van der Waals surface area (Å²) in [7, 11) is 0. The minimum atomic E-state index is -1.28. The van der Waals surface area contributed by atoms with Gasteiger partial charge in [0.05, 0.1) is 6.42 Å². The van der Waals surface area contributed by atoms with Crippen LogP contribution in [0, 0.1) is 0 Å². The second-order valence-electron chi connectivity index (χ2n) is 4.69. The molecule has 112 valence electrons. The first-order valence-corrected chi connectivity index (χ1v) is 6.65. The zero-order valence-corrected chi connectivity index (χ0v) is 11.8. The van der Waals surface area contributed by atoms with Gasteiger partial charge in [-0.15, -0.1) is 0 Å². The second-order valence-corrected chi connectivity index (χ2v) is 4.69. The van der Waals surface area contributed by atoms with Gasteiger partial charge >= 0.3 is 11.9 Å². The summed E-state index contributed by atoms with van der Waals surface area (Å²) in [6.07, 6.45) is -0.0610. The second kappa shape index (κ2) is 7.99. The van der Waals surface area contributed by atoms with Crippen LogP contribution in [0.4, 0.5) is 0 Å². The van der Waals surface area contributed by atoms with Crippen molar-refractivity contribution in [1.82, 2.24) is 0 Å². The van der Waals surface area contributed by atoms with Crippen LogP contribution in [0.25, 0.3) is 0 Å². The first-order chi connectivity index (χ1) is 9.93. The van der Waals surface area contributed by atoms with Gasteiger partial charge in [-0.05, 0) is 17.6 Å². The molecule has 0 aliphatic heterocycles. The van der Waals surface area contributed by atoms with E-state index in [0.29, 0.717) is 5.57 Å². The van der Waals surface area contributed by atoms with Crippen molar-refractivity contribution < 1.29 is 24.6 Å². The monoisotopic (exact) mass is 290 g/mol. The topological polar surface area (TPSA) is 91.7 Å². The van der Waals surface area contributed by atoms with Crippen LogP contribution in [0.5, 0.6) is 0 Å². The van der Waals surface area contributed by atoms with E-state index in [0.717, 1.165) is 5.56 Å². The van der Waals surface area contributed by atoms with Crippen LogP contribution < -0.4 is 0 Å². The lowest BCUT2D eigenvalue weighted by Crippen LogP contribution is -2.13. The molecule has 0 spiro atoms. The van der Waals surface area contributed by atoms with E-state index in [1.807, 2.05) is 30.3 Å². The predicted octanol–water partition coefficient (Wildman–Crippen LogP) is 2.45. The fraction of sp³-hybridized carbons (Fsp3) is 0.312. The molecule has 0 fully saturated rings. The van der Waals surface area contributed by atoms with E-state index >= 15 is 0 Å². The quantitative estimate of drug-likeness (QED) is 0.717. The Kier molecular flexibility index (Phi) is 6.33. The van der Waals surface area contributed by atoms with E-state index in [1.165, 1.54) is 0 Å². The van der Waals surface area contributed by atoms with Crippen molar-refractivity contribution in [3.8, 4) is 0 Å². The molecular formula is C16H18O5. The Bertz CT molecular complexity index is 557. The SMILES string of the molecule is CCC(=O)CC(Cc1ccccc1)=C(CC(=O)O)C(=O)O. The number of allylic oxidation sites excluding steroid dienone is 1. The maximum atomic E-state index is 11.7. The van der Waals surface area contributed by atoms with E-state index in [2.05, 4.69) is 0 Å². The molecule has 5 heteroatoms. The van der Waals surface area contributed by atoms with E-state index in [-0.39, 0.29) is 30.6 Å². The number of Topliss-reactive ketones (excluding diaryl/α,β-unsaturated/α-hetero) is 1. The number of carbonyl (C=O) groups is 3. The van der Waals surface area contributed by atoms with Crippen LogP contribution in [0.3, 0.4) is 0 Å². The molecule has 1 aromatic carbocycles. The van der Waals surface area contributed by atoms with Crippen LogP contribution in [-0.2, 0) is 20.8 Å². The summed E-state index contributed by atoms with van der Waals surface area (Å²) in [5.74, 6) is -2.61. The van der Waals surface area contributed by atoms with Gasteiger partial charge in [0.1, 0.15) is 5.78 Å². The molecular weight excluding hydrogens is 272 g/mol. The Hall–Kier alpha value is -2.43. The van der Waals surface area contributed by atoms with Crippen molar-refractivity contribution in [2.45, 2.75) is 32.6 Å². The molecule has 0 amide bonds. The van der Waals surface area contributed by atoms with Crippen molar-refractivity contribution in [2.75, 3.05) is 0 Å². The molecule has 0 atom stereocenters. The van der Waals surface area contributed by atoms with E-state index in [9.17, 15) is 19.5 Å². The highest BCUT2D eigenvalue weighted by atomic mass is 16.4. The molecule has 0 aliphatic rings. The van der Waals surface area contributed by atoms with E-state index < -0.39 is 18.4 Å². The first-order valence-electron chi connectivity index (χ1n) is 6.65. The average molecular weight is 290 g/mol. The molecule has 0 aliphatic carbocycles. The highest BCUT2D eigenvalue weighted by Gasteiger charge is 2.19. The van der Waals surface area contributed by atoms with Gasteiger partial charge < -0.3 is 10.2 Å². The molecule has 0 heterocycles. The van der Waals surface area contributed by atoms with Crippen molar-refractivity contribution >= 4 is 17.7 Å². The van der Waals surface area contributed by atoms with Crippen molar-refractivity contribution in [3.63, 3.8) is 0 Å². The fourth-order valence-electron chi connectivity index (χ4n) is 1.98.